The fraction of sp³-hybridized carbons (Fsp3) is 0.935. The van der Waals surface area contributed by atoms with Gasteiger partial charge in [-0.1, -0.05) is 92.2 Å². The Morgan fingerprint density at radius 1 is 1.00 bits per heavy atom. The molecule has 7 atom stereocenters. The predicted octanol–water partition coefficient (Wildman–Crippen LogP) is 9.15. The normalized spacial score (nSPS) is 46.2. The summed E-state index contributed by atoms with van der Waals surface area (Å²) in [4.78, 5) is 0. The van der Waals surface area contributed by atoms with Crippen LogP contribution in [0, 0.1) is 39.4 Å². The lowest BCUT2D eigenvalue weighted by Gasteiger charge is -2.66. The van der Waals surface area contributed by atoms with Crippen molar-refractivity contribution in [3.8, 4) is 0 Å². The second-order valence-electron chi connectivity index (χ2n) is 15.0. The molecule has 0 aromatic rings. The van der Waals surface area contributed by atoms with Crippen LogP contribution in [0.5, 0.6) is 0 Å². The van der Waals surface area contributed by atoms with Crippen LogP contribution in [0.25, 0.3) is 0 Å². The Hall–Kier alpha value is -0.195. The van der Waals surface area contributed by atoms with Crippen molar-refractivity contribution in [1.82, 2.24) is 0 Å². The number of hydrogen-bond donors (Lipinski definition) is 0. The van der Waals surface area contributed by atoms with Gasteiger partial charge in [-0.05, 0) is 103 Å². The van der Waals surface area contributed by atoms with E-state index in [0.29, 0.717) is 27.0 Å². The Kier molecular flexibility index (Phi) is 6.60. The molecule has 4 rings (SSSR count). The molecule has 4 aliphatic carbocycles. The number of hydrogen-bond acceptors (Lipinski definition) is 0. The maximum absolute atomic E-state index is 2.84. The van der Waals surface area contributed by atoms with E-state index in [1.807, 2.05) is 5.57 Å². The Bertz CT molecular complexity index is 720. The summed E-state index contributed by atoms with van der Waals surface area (Å²) in [5, 5.41) is 0.534. The van der Waals surface area contributed by atoms with Gasteiger partial charge in [0.25, 0.3) is 0 Å². The summed E-state index contributed by atoms with van der Waals surface area (Å²) >= 11 is 0. The zero-order valence-electron chi connectivity index (χ0n) is 23.2. The Morgan fingerprint density at radius 3 is 2.44 bits per heavy atom. The molecule has 32 heavy (non-hydrogen) atoms. The molecule has 0 aliphatic heterocycles. The summed E-state index contributed by atoms with van der Waals surface area (Å²) in [6, 6.07) is 0. The molecule has 0 nitrogen and oxygen atoms in total. The van der Waals surface area contributed by atoms with Crippen molar-refractivity contribution in [3.05, 3.63) is 11.6 Å². The van der Waals surface area contributed by atoms with E-state index in [1.54, 1.807) is 0 Å². The Labute approximate surface area is 202 Å². The monoisotopic (exact) mass is 438 g/mol. The third kappa shape index (κ3) is 3.88. The SMILES string of the molecule is BC12CCC3(C)C(=CCC4(C)C(CCCC(C)(C)CCCC)CCC34)C1(C)CCC(C)C2. The van der Waals surface area contributed by atoms with Crippen molar-refractivity contribution >= 4 is 7.85 Å². The number of allylic oxidation sites excluding steroid dienone is 2. The highest BCUT2D eigenvalue weighted by Crippen LogP contribution is 2.75. The maximum Gasteiger partial charge on any atom is 0.110 e. The molecule has 7 unspecified atom stereocenters. The molecule has 0 heterocycles. The number of rotatable bonds is 7. The van der Waals surface area contributed by atoms with Gasteiger partial charge in [-0.3, -0.25) is 0 Å². The van der Waals surface area contributed by atoms with E-state index in [-0.39, 0.29) is 0 Å². The van der Waals surface area contributed by atoms with Gasteiger partial charge in [0.1, 0.15) is 7.85 Å². The zero-order valence-corrected chi connectivity index (χ0v) is 23.2. The lowest BCUT2D eigenvalue weighted by Crippen LogP contribution is -2.55. The van der Waals surface area contributed by atoms with Crippen LogP contribution in [0.4, 0.5) is 0 Å². The van der Waals surface area contributed by atoms with E-state index in [9.17, 15) is 0 Å². The number of fused-ring (bicyclic) bond motifs is 5. The largest absolute Gasteiger partial charge is 0.110 e. The Morgan fingerprint density at radius 2 is 1.72 bits per heavy atom. The van der Waals surface area contributed by atoms with Crippen LogP contribution in [-0.4, -0.2) is 7.85 Å². The average molecular weight is 439 g/mol. The van der Waals surface area contributed by atoms with Crippen molar-refractivity contribution in [2.24, 2.45) is 39.4 Å². The highest BCUT2D eigenvalue weighted by atomic mass is 14.7. The molecule has 0 N–H and O–H groups in total. The molecule has 0 radical (unpaired) electrons. The highest BCUT2D eigenvalue weighted by molar-refractivity contribution is 6.16. The summed E-state index contributed by atoms with van der Waals surface area (Å²) < 4.78 is 0. The van der Waals surface area contributed by atoms with Crippen molar-refractivity contribution in [2.75, 3.05) is 0 Å². The van der Waals surface area contributed by atoms with E-state index in [4.69, 9.17) is 0 Å². The van der Waals surface area contributed by atoms with E-state index in [2.05, 4.69) is 62.4 Å². The summed E-state index contributed by atoms with van der Waals surface area (Å²) in [5.41, 5.74) is 3.94. The first-order valence-corrected chi connectivity index (χ1v) is 14.6. The molecular formula is C31H55B. The second-order valence-corrected chi connectivity index (χ2v) is 15.0. The van der Waals surface area contributed by atoms with Gasteiger partial charge < -0.3 is 0 Å². The quantitative estimate of drug-likeness (QED) is 0.274. The van der Waals surface area contributed by atoms with Crippen LogP contribution in [-0.2, 0) is 0 Å². The molecule has 0 spiro atoms. The molecule has 0 bridgehead atoms. The molecular weight excluding hydrogens is 383 g/mol. The van der Waals surface area contributed by atoms with Gasteiger partial charge in [0.2, 0.25) is 0 Å². The highest BCUT2D eigenvalue weighted by Gasteiger charge is 2.64. The van der Waals surface area contributed by atoms with Crippen LogP contribution in [0.15, 0.2) is 11.6 Å². The van der Waals surface area contributed by atoms with Gasteiger partial charge in [-0.25, -0.2) is 0 Å². The maximum atomic E-state index is 2.84. The lowest BCUT2D eigenvalue weighted by atomic mass is 9.34. The molecule has 1 heteroatoms. The summed E-state index contributed by atoms with van der Waals surface area (Å²) in [7, 11) is 2.66. The van der Waals surface area contributed by atoms with Gasteiger partial charge in [0.15, 0.2) is 0 Å². The minimum Gasteiger partial charge on any atom is -0.0837 e. The average Bonchev–Trinajstić information content (AvgIpc) is 3.05. The van der Waals surface area contributed by atoms with Crippen molar-refractivity contribution in [3.63, 3.8) is 0 Å². The zero-order chi connectivity index (χ0) is 23.4. The second kappa shape index (κ2) is 8.48. The summed E-state index contributed by atoms with van der Waals surface area (Å²) in [5.74, 6) is 2.80. The topological polar surface area (TPSA) is 0 Å². The molecule has 4 aliphatic rings. The molecule has 182 valence electrons. The van der Waals surface area contributed by atoms with E-state index < -0.39 is 0 Å². The van der Waals surface area contributed by atoms with E-state index in [1.165, 1.54) is 89.9 Å². The van der Waals surface area contributed by atoms with Crippen molar-refractivity contribution in [1.29, 1.82) is 0 Å². The van der Waals surface area contributed by atoms with Crippen LogP contribution in [0.2, 0.25) is 5.31 Å². The minimum absolute atomic E-state index is 0.454. The van der Waals surface area contributed by atoms with Gasteiger partial charge in [-0.15, -0.1) is 0 Å². The van der Waals surface area contributed by atoms with Crippen molar-refractivity contribution < 1.29 is 0 Å². The third-order valence-corrected chi connectivity index (χ3v) is 12.3. The molecule has 0 aromatic carbocycles. The lowest BCUT2D eigenvalue weighted by molar-refractivity contribution is -0.0236. The smallest absolute Gasteiger partial charge is 0.0837 e. The predicted molar refractivity (Wildman–Crippen MR) is 144 cm³/mol. The van der Waals surface area contributed by atoms with Gasteiger partial charge in [0.05, 0.1) is 0 Å². The summed E-state index contributed by atoms with van der Waals surface area (Å²) in [6.07, 6.45) is 23.0. The first kappa shape index (κ1) is 24.9. The first-order chi connectivity index (χ1) is 14.9. The van der Waals surface area contributed by atoms with Crippen LogP contribution >= 0.6 is 0 Å². The standard InChI is InChI=1S/C31H55B/c1-8-9-16-27(3,4)17-10-11-24-12-13-25-28(24,5)18-15-26-29(25,6)20-21-31(32)22-23(2)14-19-30(26,31)7/h15,23-25H,8-14,16-22,32H2,1-7H3. The first-order valence-electron chi connectivity index (χ1n) is 14.6. The molecule has 0 amide bonds. The van der Waals surface area contributed by atoms with Gasteiger partial charge >= 0.3 is 0 Å². The van der Waals surface area contributed by atoms with Crippen LogP contribution in [0.3, 0.4) is 0 Å². The minimum atomic E-state index is 0.454. The summed E-state index contributed by atoms with van der Waals surface area (Å²) in [6.45, 7) is 18.0. The van der Waals surface area contributed by atoms with Crippen LogP contribution < -0.4 is 0 Å². The fourth-order valence-corrected chi connectivity index (χ4v) is 9.96. The van der Waals surface area contributed by atoms with Crippen molar-refractivity contribution in [2.45, 2.75) is 144 Å². The van der Waals surface area contributed by atoms with Gasteiger partial charge in [0, 0.05) is 0 Å². The number of unbranched alkanes of at least 4 members (excludes halogenated alkanes) is 1. The third-order valence-electron chi connectivity index (χ3n) is 12.3. The van der Waals surface area contributed by atoms with Gasteiger partial charge in [-0.2, -0.15) is 0 Å². The molecule has 3 fully saturated rings. The molecule has 3 saturated carbocycles. The molecule has 0 aromatic heterocycles. The van der Waals surface area contributed by atoms with E-state index >= 15 is 0 Å². The van der Waals surface area contributed by atoms with E-state index in [0.717, 1.165) is 17.8 Å². The fourth-order valence-electron chi connectivity index (χ4n) is 9.96. The van der Waals surface area contributed by atoms with Crippen LogP contribution in [0.1, 0.15) is 138 Å². The Balaban J connectivity index is 1.51. The molecule has 0 saturated heterocycles.